The number of oxime groups is 1. The number of unbranched alkanes of at least 4 members (excludes halogenated alkanes) is 2. The summed E-state index contributed by atoms with van der Waals surface area (Å²) in [5.41, 5.74) is 1.79. The molecular formula is C24H31N3O7. The molecule has 1 heterocycles. The van der Waals surface area contributed by atoms with Crippen LogP contribution in [0.1, 0.15) is 61.1 Å². The quantitative estimate of drug-likeness (QED) is 0.182. The molecule has 0 atom stereocenters. The van der Waals surface area contributed by atoms with Gasteiger partial charge in [0.05, 0.1) is 26.0 Å². The van der Waals surface area contributed by atoms with E-state index in [2.05, 4.69) is 15.1 Å². The lowest BCUT2D eigenvalue weighted by atomic mass is 10.0. The van der Waals surface area contributed by atoms with Crippen LogP contribution in [0.3, 0.4) is 0 Å². The van der Waals surface area contributed by atoms with Crippen molar-refractivity contribution in [3.63, 3.8) is 0 Å². The first-order valence-corrected chi connectivity index (χ1v) is 11.0. The Hall–Kier alpha value is -3.69. The van der Waals surface area contributed by atoms with E-state index in [1.54, 1.807) is 45.0 Å². The predicted octanol–water partition coefficient (Wildman–Crippen LogP) is 4.24. The highest BCUT2D eigenvalue weighted by molar-refractivity contribution is 6.09. The van der Waals surface area contributed by atoms with Gasteiger partial charge in [0.1, 0.15) is 18.4 Å². The molecule has 0 spiro atoms. The first-order chi connectivity index (χ1) is 16.4. The van der Waals surface area contributed by atoms with Crippen molar-refractivity contribution in [3.8, 4) is 17.6 Å². The number of ether oxygens (including phenoxy) is 4. The summed E-state index contributed by atoms with van der Waals surface area (Å²) in [6.45, 7) is 6.10. The van der Waals surface area contributed by atoms with Crippen LogP contribution in [-0.2, 0) is 19.1 Å². The number of carbonyl (C=O) groups is 2. The summed E-state index contributed by atoms with van der Waals surface area (Å²) in [6.07, 6.45) is 2.71. The monoisotopic (exact) mass is 473 g/mol. The minimum absolute atomic E-state index is 0.0287. The largest absolute Gasteiger partial charge is 0.478 e. The number of hydrogen-bond acceptors (Lipinski definition) is 10. The van der Waals surface area contributed by atoms with Crippen LogP contribution in [0.25, 0.3) is 0 Å². The van der Waals surface area contributed by atoms with Crippen LogP contribution in [-0.4, -0.2) is 55.1 Å². The Balaban J connectivity index is 2.10. The third-order valence-electron chi connectivity index (χ3n) is 4.63. The van der Waals surface area contributed by atoms with Crippen LogP contribution >= 0.6 is 0 Å². The third-order valence-corrected chi connectivity index (χ3v) is 4.63. The molecule has 2 rings (SSSR count). The van der Waals surface area contributed by atoms with Crippen LogP contribution in [0.2, 0.25) is 0 Å². The van der Waals surface area contributed by atoms with Gasteiger partial charge in [-0.1, -0.05) is 17.3 Å². The summed E-state index contributed by atoms with van der Waals surface area (Å²) in [4.78, 5) is 37.3. The number of hydrogen-bond donors (Lipinski definition) is 0. The van der Waals surface area contributed by atoms with Gasteiger partial charge in [-0.05, 0) is 46.1 Å². The van der Waals surface area contributed by atoms with E-state index in [4.69, 9.17) is 23.8 Å². The fourth-order valence-electron chi connectivity index (χ4n) is 3.11. The third kappa shape index (κ3) is 8.02. The molecule has 0 saturated heterocycles. The Kier molecular flexibility index (Phi) is 10.8. The molecule has 0 fully saturated rings. The SMILES string of the molecule is CCOC(=O)CCCCCOc1cc(C)nc(Oc2cccc(C(C)=NOC)c2C(=O)OC)n1. The maximum atomic E-state index is 12.5. The molecular weight excluding hydrogens is 442 g/mol. The number of methoxy groups -OCH3 is 1. The molecule has 0 aliphatic heterocycles. The molecule has 10 nitrogen and oxygen atoms in total. The molecule has 1 aromatic heterocycles. The van der Waals surface area contributed by atoms with Crippen LogP contribution in [0.15, 0.2) is 29.4 Å². The number of rotatable bonds is 13. The van der Waals surface area contributed by atoms with Crippen molar-refractivity contribution in [1.82, 2.24) is 9.97 Å². The lowest BCUT2D eigenvalue weighted by molar-refractivity contribution is -0.143. The van der Waals surface area contributed by atoms with Gasteiger partial charge < -0.3 is 23.8 Å². The summed E-state index contributed by atoms with van der Waals surface area (Å²) in [6, 6.07) is 6.77. The van der Waals surface area contributed by atoms with Crippen molar-refractivity contribution < 1.29 is 33.4 Å². The molecule has 0 aliphatic rings. The van der Waals surface area contributed by atoms with Crippen molar-refractivity contribution in [2.45, 2.75) is 46.5 Å². The van der Waals surface area contributed by atoms with Crippen molar-refractivity contribution in [2.24, 2.45) is 5.16 Å². The maximum absolute atomic E-state index is 12.5. The van der Waals surface area contributed by atoms with Crippen LogP contribution in [0, 0.1) is 6.92 Å². The highest BCUT2D eigenvalue weighted by Gasteiger charge is 2.21. The zero-order valence-electron chi connectivity index (χ0n) is 20.3. The Labute approximate surface area is 199 Å². The van der Waals surface area contributed by atoms with E-state index in [0.717, 1.165) is 19.3 Å². The average Bonchev–Trinajstić information content (AvgIpc) is 2.80. The summed E-state index contributed by atoms with van der Waals surface area (Å²) >= 11 is 0. The van der Waals surface area contributed by atoms with Gasteiger partial charge in [0.25, 0.3) is 0 Å². The molecule has 0 amide bonds. The second-order valence-corrected chi connectivity index (χ2v) is 7.23. The highest BCUT2D eigenvalue weighted by Crippen LogP contribution is 2.28. The average molecular weight is 474 g/mol. The fourth-order valence-corrected chi connectivity index (χ4v) is 3.11. The molecule has 2 aromatic rings. The number of esters is 2. The molecule has 1 aromatic carbocycles. The second kappa shape index (κ2) is 13.8. The van der Waals surface area contributed by atoms with E-state index in [0.29, 0.717) is 42.5 Å². The van der Waals surface area contributed by atoms with Crippen molar-refractivity contribution in [3.05, 3.63) is 41.1 Å². The molecule has 0 N–H and O–H groups in total. The number of benzene rings is 1. The fraction of sp³-hybridized carbons (Fsp3) is 0.458. The van der Waals surface area contributed by atoms with Crippen molar-refractivity contribution in [1.29, 1.82) is 0 Å². The highest BCUT2D eigenvalue weighted by atomic mass is 16.6. The zero-order valence-corrected chi connectivity index (χ0v) is 20.3. The molecule has 10 heteroatoms. The molecule has 0 radical (unpaired) electrons. The first kappa shape index (κ1) is 26.6. The topological polar surface area (TPSA) is 118 Å². The van der Waals surface area contributed by atoms with Gasteiger partial charge in [-0.2, -0.15) is 9.97 Å². The summed E-state index contributed by atoms with van der Waals surface area (Å²) in [5.74, 6) is -0.217. The molecule has 0 saturated carbocycles. The van der Waals surface area contributed by atoms with E-state index >= 15 is 0 Å². The van der Waals surface area contributed by atoms with Crippen LogP contribution < -0.4 is 9.47 Å². The molecule has 34 heavy (non-hydrogen) atoms. The first-order valence-electron chi connectivity index (χ1n) is 11.0. The van der Waals surface area contributed by atoms with Crippen molar-refractivity contribution >= 4 is 17.7 Å². The molecule has 0 aliphatic carbocycles. The lowest BCUT2D eigenvalue weighted by Gasteiger charge is -2.13. The van der Waals surface area contributed by atoms with E-state index < -0.39 is 5.97 Å². The summed E-state index contributed by atoms with van der Waals surface area (Å²) in [7, 11) is 2.71. The standard InChI is InChI=1S/C24H31N3O7/c1-6-32-21(28)13-8-7-9-14-33-20-15-16(2)25-24(26-20)34-19-12-10-11-18(17(3)27-31-5)22(19)23(29)30-4/h10-12,15H,6-9,13-14H2,1-5H3. The maximum Gasteiger partial charge on any atom is 0.342 e. The predicted molar refractivity (Wildman–Crippen MR) is 124 cm³/mol. The Morgan fingerprint density at radius 2 is 1.88 bits per heavy atom. The molecule has 0 unspecified atom stereocenters. The summed E-state index contributed by atoms with van der Waals surface area (Å²) < 4.78 is 21.5. The van der Waals surface area contributed by atoms with Gasteiger partial charge in [0.15, 0.2) is 0 Å². The number of aryl methyl sites for hydroxylation is 1. The van der Waals surface area contributed by atoms with E-state index in [1.165, 1.54) is 14.2 Å². The molecule has 184 valence electrons. The van der Waals surface area contributed by atoms with Gasteiger partial charge in [-0.25, -0.2) is 4.79 Å². The van der Waals surface area contributed by atoms with E-state index in [-0.39, 0.29) is 23.3 Å². The van der Waals surface area contributed by atoms with E-state index in [9.17, 15) is 9.59 Å². The lowest BCUT2D eigenvalue weighted by Crippen LogP contribution is -2.12. The van der Waals surface area contributed by atoms with Crippen LogP contribution in [0.4, 0.5) is 0 Å². The van der Waals surface area contributed by atoms with Gasteiger partial charge in [0, 0.05) is 23.7 Å². The normalized spacial score (nSPS) is 11.0. The van der Waals surface area contributed by atoms with Gasteiger partial charge >= 0.3 is 17.9 Å². The smallest absolute Gasteiger partial charge is 0.342 e. The molecule has 0 bridgehead atoms. The number of nitrogens with zero attached hydrogens (tertiary/aromatic N) is 3. The van der Waals surface area contributed by atoms with Gasteiger partial charge in [-0.15, -0.1) is 0 Å². The number of carbonyl (C=O) groups excluding carboxylic acids is 2. The Morgan fingerprint density at radius 1 is 1.09 bits per heavy atom. The van der Waals surface area contributed by atoms with Crippen LogP contribution in [0.5, 0.6) is 17.6 Å². The minimum Gasteiger partial charge on any atom is -0.478 e. The van der Waals surface area contributed by atoms with Crippen molar-refractivity contribution in [2.75, 3.05) is 27.4 Å². The number of aromatic nitrogens is 2. The second-order valence-electron chi connectivity index (χ2n) is 7.23. The summed E-state index contributed by atoms with van der Waals surface area (Å²) in [5, 5.41) is 3.90. The minimum atomic E-state index is -0.594. The van der Waals surface area contributed by atoms with Gasteiger partial charge in [0.2, 0.25) is 5.88 Å². The zero-order chi connectivity index (χ0) is 24.9. The van der Waals surface area contributed by atoms with E-state index in [1.807, 2.05) is 0 Å². The Morgan fingerprint density at radius 3 is 2.59 bits per heavy atom. The van der Waals surface area contributed by atoms with Gasteiger partial charge in [-0.3, -0.25) is 4.79 Å². The Bertz CT molecular complexity index is 1010.